The Morgan fingerprint density at radius 3 is 2.65 bits per heavy atom. The van der Waals surface area contributed by atoms with Crippen molar-refractivity contribution < 1.29 is 0 Å². The topological polar surface area (TPSA) is 27.6 Å². The summed E-state index contributed by atoms with van der Waals surface area (Å²) >= 11 is 1.92. The van der Waals surface area contributed by atoms with E-state index in [-0.39, 0.29) is 24.0 Å². The van der Waals surface area contributed by atoms with Crippen LogP contribution in [0.3, 0.4) is 0 Å². The van der Waals surface area contributed by atoms with Crippen molar-refractivity contribution in [3.05, 3.63) is 42.0 Å². The fraction of sp³-hybridized carbons (Fsp3) is 0.500. The van der Waals surface area contributed by atoms with Gasteiger partial charge in [-0.1, -0.05) is 36.4 Å². The second-order valence-corrected chi connectivity index (χ2v) is 6.45. The molecule has 0 bridgehead atoms. The molecule has 0 unspecified atom stereocenters. The number of unbranched alkanes of at least 4 members (excludes halogenated alkanes) is 1. The molecule has 0 radical (unpaired) electrons. The first-order chi connectivity index (χ1) is 10.8. The zero-order valence-electron chi connectivity index (χ0n) is 14.1. The van der Waals surface area contributed by atoms with E-state index < -0.39 is 0 Å². The number of halogens is 1. The van der Waals surface area contributed by atoms with Crippen LogP contribution < -0.4 is 5.32 Å². The Morgan fingerprint density at radius 1 is 1.26 bits per heavy atom. The van der Waals surface area contributed by atoms with E-state index in [4.69, 9.17) is 0 Å². The number of hydrogen-bond acceptors (Lipinski definition) is 2. The van der Waals surface area contributed by atoms with E-state index in [0.717, 1.165) is 32.0 Å². The highest BCUT2D eigenvalue weighted by atomic mass is 127. The van der Waals surface area contributed by atoms with E-state index in [1.165, 1.54) is 29.7 Å². The fourth-order valence-corrected chi connectivity index (χ4v) is 3.17. The van der Waals surface area contributed by atoms with Crippen LogP contribution in [0.2, 0.25) is 0 Å². The van der Waals surface area contributed by atoms with Gasteiger partial charge in [0.1, 0.15) is 0 Å². The molecular formula is C18H28IN3S. The monoisotopic (exact) mass is 445 g/mol. The van der Waals surface area contributed by atoms with Crippen molar-refractivity contribution >= 4 is 47.3 Å². The maximum Gasteiger partial charge on any atom is 0.193 e. The molecule has 2 rings (SSSR count). The molecule has 23 heavy (non-hydrogen) atoms. The predicted molar refractivity (Wildman–Crippen MR) is 115 cm³/mol. The molecule has 1 heterocycles. The molecule has 5 heteroatoms. The average Bonchev–Trinajstić information content (AvgIpc) is 2.59. The summed E-state index contributed by atoms with van der Waals surface area (Å²) in [6, 6.07) is 10.7. The van der Waals surface area contributed by atoms with Gasteiger partial charge in [0.15, 0.2) is 5.96 Å². The summed E-state index contributed by atoms with van der Waals surface area (Å²) in [5.74, 6) is 2.28. The zero-order chi connectivity index (χ0) is 15.6. The van der Waals surface area contributed by atoms with Crippen molar-refractivity contribution in [1.29, 1.82) is 0 Å². The Kier molecular flexibility index (Phi) is 10.4. The second-order valence-electron chi connectivity index (χ2n) is 5.47. The molecule has 128 valence electrons. The molecule has 0 aliphatic carbocycles. The Hall–Kier alpha value is -0.690. The molecular weight excluding hydrogens is 417 g/mol. The molecule has 0 amide bonds. The second kappa shape index (κ2) is 11.8. The smallest absolute Gasteiger partial charge is 0.193 e. The third-order valence-electron chi connectivity index (χ3n) is 3.92. The normalized spacial score (nSPS) is 15.0. The molecule has 1 aliphatic rings. The third-order valence-corrected chi connectivity index (χ3v) is 4.62. The van der Waals surface area contributed by atoms with Crippen LogP contribution in [0, 0.1) is 0 Å². The van der Waals surface area contributed by atoms with Gasteiger partial charge in [-0.15, -0.1) is 24.0 Å². The number of thioether (sulfide) groups is 1. The van der Waals surface area contributed by atoms with Crippen molar-refractivity contribution in [3.63, 3.8) is 0 Å². The first-order valence-electron chi connectivity index (χ1n) is 8.04. The largest absolute Gasteiger partial charge is 0.356 e. The number of rotatable bonds is 6. The van der Waals surface area contributed by atoms with E-state index in [1.807, 2.05) is 18.8 Å². The molecule has 3 nitrogen and oxygen atoms in total. The van der Waals surface area contributed by atoms with Gasteiger partial charge in [0.2, 0.25) is 0 Å². The van der Waals surface area contributed by atoms with Gasteiger partial charge in [0.05, 0.1) is 0 Å². The molecule has 0 saturated carbocycles. The molecule has 0 saturated heterocycles. The van der Waals surface area contributed by atoms with Gasteiger partial charge in [-0.25, -0.2) is 0 Å². The lowest BCUT2D eigenvalue weighted by Gasteiger charge is -2.29. The Labute approximate surface area is 162 Å². The number of guanidine groups is 1. The number of hydrogen-bond donors (Lipinski definition) is 1. The summed E-state index contributed by atoms with van der Waals surface area (Å²) in [7, 11) is 1.88. The molecule has 1 aromatic rings. The fourth-order valence-electron chi connectivity index (χ4n) is 2.68. The highest BCUT2D eigenvalue weighted by Gasteiger charge is 2.15. The van der Waals surface area contributed by atoms with Crippen LogP contribution in [-0.2, 0) is 0 Å². The number of nitrogens with zero attached hydrogens (tertiary/aromatic N) is 2. The van der Waals surface area contributed by atoms with Crippen LogP contribution in [-0.4, -0.2) is 49.6 Å². The number of nitrogens with one attached hydrogen (secondary N) is 1. The lowest BCUT2D eigenvalue weighted by atomic mass is 10.00. The van der Waals surface area contributed by atoms with Crippen LogP contribution in [0.5, 0.6) is 0 Å². The summed E-state index contributed by atoms with van der Waals surface area (Å²) in [6.07, 6.45) is 8.05. The van der Waals surface area contributed by atoms with Gasteiger partial charge in [-0.05, 0) is 42.4 Å². The lowest BCUT2D eigenvalue weighted by molar-refractivity contribution is 0.439. The number of benzene rings is 1. The van der Waals surface area contributed by atoms with E-state index in [0.29, 0.717) is 0 Å². The SMILES string of the molecule is CN=C(NCCCCSC)N1CC=C(c2ccccc2)CC1.I. The van der Waals surface area contributed by atoms with E-state index >= 15 is 0 Å². The lowest BCUT2D eigenvalue weighted by Crippen LogP contribution is -2.43. The quantitative estimate of drug-likeness (QED) is 0.309. The Morgan fingerprint density at radius 2 is 2.04 bits per heavy atom. The molecule has 1 aromatic carbocycles. The minimum absolute atomic E-state index is 0. The van der Waals surface area contributed by atoms with Crippen molar-refractivity contribution in [2.75, 3.05) is 38.7 Å². The van der Waals surface area contributed by atoms with Crippen LogP contribution >= 0.6 is 35.7 Å². The van der Waals surface area contributed by atoms with Gasteiger partial charge in [0, 0.05) is 26.7 Å². The van der Waals surface area contributed by atoms with Gasteiger partial charge < -0.3 is 10.2 Å². The van der Waals surface area contributed by atoms with E-state index in [9.17, 15) is 0 Å². The summed E-state index contributed by atoms with van der Waals surface area (Å²) in [4.78, 5) is 6.76. The van der Waals surface area contributed by atoms with Crippen LogP contribution in [0.25, 0.3) is 5.57 Å². The Bertz CT molecular complexity index is 502. The predicted octanol–water partition coefficient (Wildman–Crippen LogP) is 4.11. The number of aliphatic imine (C=N–C) groups is 1. The first-order valence-corrected chi connectivity index (χ1v) is 9.43. The minimum Gasteiger partial charge on any atom is -0.356 e. The first kappa shape index (κ1) is 20.4. The van der Waals surface area contributed by atoms with Gasteiger partial charge in [-0.2, -0.15) is 11.8 Å². The maximum absolute atomic E-state index is 4.42. The molecule has 0 atom stereocenters. The van der Waals surface area contributed by atoms with Gasteiger partial charge >= 0.3 is 0 Å². The van der Waals surface area contributed by atoms with Crippen molar-refractivity contribution in [2.24, 2.45) is 4.99 Å². The van der Waals surface area contributed by atoms with Gasteiger partial charge in [-0.3, -0.25) is 4.99 Å². The summed E-state index contributed by atoms with van der Waals surface area (Å²) in [5, 5.41) is 3.49. The molecule has 0 spiro atoms. The highest BCUT2D eigenvalue weighted by Crippen LogP contribution is 2.21. The van der Waals surface area contributed by atoms with Crippen LogP contribution in [0.15, 0.2) is 41.4 Å². The zero-order valence-corrected chi connectivity index (χ0v) is 17.3. The minimum atomic E-state index is 0. The summed E-state index contributed by atoms with van der Waals surface area (Å²) in [6.45, 7) is 2.99. The van der Waals surface area contributed by atoms with E-state index in [2.05, 4.69) is 57.9 Å². The van der Waals surface area contributed by atoms with Crippen LogP contribution in [0.1, 0.15) is 24.8 Å². The highest BCUT2D eigenvalue weighted by molar-refractivity contribution is 14.0. The Balaban J connectivity index is 0.00000264. The molecule has 0 fully saturated rings. The maximum atomic E-state index is 4.42. The third kappa shape index (κ3) is 6.75. The molecule has 1 N–H and O–H groups in total. The van der Waals surface area contributed by atoms with Crippen molar-refractivity contribution in [3.8, 4) is 0 Å². The van der Waals surface area contributed by atoms with E-state index in [1.54, 1.807) is 0 Å². The van der Waals surface area contributed by atoms with Gasteiger partial charge in [0.25, 0.3) is 0 Å². The molecule has 0 aromatic heterocycles. The molecule has 1 aliphatic heterocycles. The summed E-state index contributed by atoms with van der Waals surface area (Å²) in [5.41, 5.74) is 2.80. The standard InChI is InChI=1S/C18H27N3S.HI/c1-19-18(20-12-6-7-15-22-2)21-13-10-17(11-14-21)16-8-4-3-5-9-16;/h3-5,8-10H,6-7,11-15H2,1-2H3,(H,19,20);1H. The van der Waals surface area contributed by atoms with Crippen LogP contribution in [0.4, 0.5) is 0 Å². The summed E-state index contributed by atoms with van der Waals surface area (Å²) < 4.78 is 0. The van der Waals surface area contributed by atoms with Crippen molar-refractivity contribution in [1.82, 2.24) is 10.2 Å². The average molecular weight is 445 g/mol. The van der Waals surface area contributed by atoms with Crippen molar-refractivity contribution in [2.45, 2.75) is 19.3 Å².